The molecule has 0 aliphatic rings. The van der Waals surface area contributed by atoms with E-state index in [1.54, 1.807) is 0 Å². The fourth-order valence-electron chi connectivity index (χ4n) is 10.4. The Kier molecular flexibility index (Phi) is 59.9. The van der Waals surface area contributed by atoms with Crippen molar-refractivity contribution in [1.29, 1.82) is 0 Å². The van der Waals surface area contributed by atoms with Crippen molar-refractivity contribution in [2.75, 3.05) is 39.6 Å². The van der Waals surface area contributed by atoms with Crippen LogP contribution in [0.2, 0.25) is 0 Å². The first kappa shape index (κ1) is 86.1. The fourth-order valence-corrected chi connectivity index (χ4v) is 12.0. The van der Waals surface area contributed by atoms with E-state index in [0.29, 0.717) is 25.7 Å². The molecule has 0 saturated heterocycles. The van der Waals surface area contributed by atoms with Crippen LogP contribution in [0.5, 0.6) is 0 Å². The van der Waals surface area contributed by atoms with Crippen LogP contribution in [0.4, 0.5) is 0 Å². The van der Waals surface area contributed by atoms with Crippen LogP contribution >= 0.6 is 15.6 Å². The van der Waals surface area contributed by atoms with Gasteiger partial charge in [-0.05, 0) is 37.5 Å². The number of unbranched alkanes of at least 4 members (excludes halogenated alkanes) is 38. The van der Waals surface area contributed by atoms with Crippen LogP contribution in [0.15, 0.2) is 0 Å². The molecule has 2 unspecified atom stereocenters. The molecule has 5 atom stereocenters. The second-order valence-corrected chi connectivity index (χ2v) is 28.8. The molecule has 0 spiro atoms. The smallest absolute Gasteiger partial charge is 0.462 e. The van der Waals surface area contributed by atoms with Crippen molar-refractivity contribution in [3.8, 4) is 0 Å². The molecule has 0 radical (unpaired) electrons. The molecule has 0 fully saturated rings. The standard InChI is InChI=1S/C69H134O17P2/c1-7-9-11-13-15-17-19-21-23-25-33-39-45-51-66(71)79-57-64(85-68(73)53-47-41-35-26-24-22-20-18-16-14-12-10-8-2)59-83-87(75,76)81-55-63(70)56-82-88(77,78)84-60-65(86-69(74)54-48-42-36-30-28-32-38-44-50-62(5)6)58-80-67(72)52-46-40-34-29-27-31-37-43-49-61(3)4/h61-65,70H,7-60H2,1-6H3,(H,75,76)(H,77,78)/t63-,64-,65-/m1/s1. The van der Waals surface area contributed by atoms with Crippen molar-refractivity contribution < 1.29 is 80.2 Å². The zero-order valence-corrected chi connectivity index (χ0v) is 58.8. The highest BCUT2D eigenvalue weighted by molar-refractivity contribution is 7.47. The predicted octanol–water partition coefficient (Wildman–Crippen LogP) is 19.6. The Morgan fingerprint density at radius 3 is 0.773 bits per heavy atom. The topological polar surface area (TPSA) is 237 Å². The molecule has 0 aliphatic heterocycles. The monoisotopic (exact) mass is 1300 g/mol. The molecule has 19 heteroatoms. The van der Waals surface area contributed by atoms with E-state index in [0.717, 1.165) is 102 Å². The largest absolute Gasteiger partial charge is 0.472 e. The normalized spacial score (nSPS) is 14.2. The van der Waals surface area contributed by atoms with Crippen LogP contribution in [-0.4, -0.2) is 96.7 Å². The summed E-state index contributed by atoms with van der Waals surface area (Å²) in [5.41, 5.74) is 0. The van der Waals surface area contributed by atoms with E-state index in [1.807, 2.05) is 0 Å². The predicted molar refractivity (Wildman–Crippen MR) is 354 cm³/mol. The van der Waals surface area contributed by atoms with Crippen molar-refractivity contribution in [3.63, 3.8) is 0 Å². The lowest BCUT2D eigenvalue weighted by molar-refractivity contribution is -0.161. The first-order valence-corrected chi connectivity index (χ1v) is 39.0. The Balaban J connectivity index is 5.25. The molecule has 88 heavy (non-hydrogen) atoms. The first-order valence-electron chi connectivity index (χ1n) is 36.0. The third-order valence-corrected chi connectivity index (χ3v) is 17.9. The number of aliphatic hydroxyl groups is 1. The molecule has 0 aliphatic carbocycles. The zero-order valence-electron chi connectivity index (χ0n) is 57.0. The molecular formula is C69H134O17P2. The average molecular weight is 1300 g/mol. The number of rotatable bonds is 68. The van der Waals surface area contributed by atoms with Gasteiger partial charge in [0.15, 0.2) is 12.2 Å². The maximum absolute atomic E-state index is 13.0. The molecule has 0 aromatic carbocycles. The van der Waals surface area contributed by atoms with E-state index in [9.17, 15) is 43.2 Å². The van der Waals surface area contributed by atoms with E-state index in [4.69, 9.17) is 37.0 Å². The Bertz CT molecular complexity index is 1720. The van der Waals surface area contributed by atoms with Crippen molar-refractivity contribution in [3.05, 3.63) is 0 Å². The van der Waals surface area contributed by atoms with Gasteiger partial charge in [0.2, 0.25) is 0 Å². The molecule has 17 nitrogen and oxygen atoms in total. The molecule has 3 N–H and O–H groups in total. The highest BCUT2D eigenvalue weighted by atomic mass is 31.2. The Hall–Kier alpha value is -1.94. The van der Waals surface area contributed by atoms with Gasteiger partial charge in [-0.25, -0.2) is 9.13 Å². The van der Waals surface area contributed by atoms with Gasteiger partial charge in [-0.3, -0.25) is 37.3 Å². The molecule has 0 bridgehead atoms. The number of carbonyl (C=O) groups is 4. The van der Waals surface area contributed by atoms with Gasteiger partial charge in [-0.15, -0.1) is 0 Å². The van der Waals surface area contributed by atoms with Crippen LogP contribution in [0, 0.1) is 11.8 Å². The van der Waals surface area contributed by atoms with Crippen molar-refractivity contribution in [1.82, 2.24) is 0 Å². The highest BCUT2D eigenvalue weighted by Gasteiger charge is 2.30. The van der Waals surface area contributed by atoms with Gasteiger partial charge in [-0.2, -0.15) is 0 Å². The van der Waals surface area contributed by atoms with Gasteiger partial charge >= 0.3 is 39.5 Å². The summed E-state index contributed by atoms with van der Waals surface area (Å²) in [6, 6.07) is 0. The Morgan fingerprint density at radius 2 is 0.523 bits per heavy atom. The fraction of sp³-hybridized carbons (Fsp3) is 0.942. The number of hydrogen-bond donors (Lipinski definition) is 3. The van der Waals surface area contributed by atoms with Crippen molar-refractivity contribution in [2.24, 2.45) is 11.8 Å². The number of hydrogen-bond acceptors (Lipinski definition) is 15. The summed E-state index contributed by atoms with van der Waals surface area (Å²) >= 11 is 0. The molecule has 0 heterocycles. The number of aliphatic hydroxyl groups excluding tert-OH is 1. The van der Waals surface area contributed by atoms with Gasteiger partial charge in [0.1, 0.15) is 19.3 Å². The molecule has 0 amide bonds. The van der Waals surface area contributed by atoms with Gasteiger partial charge in [-0.1, -0.05) is 298 Å². The number of phosphoric ester groups is 2. The maximum atomic E-state index is 13.0. The van der Waals surface area contributed by atoms with E-state index in [2.05, 4.69) is 41.5 Å². The third-order valence-electron chi connectivity index (χ3n) is 16.0. The quantitative estimate of drug-likeness (QED) is 0.0222. The van der Waals surface area contributed by atoms with Gasteiger partial charge in [0.25, 0.3) is 0 Å². The number of carbonyl (C=O) groups excluding carboxylic acids is 4. The van der Waals surface area contributed by atoms with Crippen LogP contribution in [0.25, 0.3) is 0 Å². The SMILES string of the molecule is CCCCCCCCCCCCCCCC(=O)OC[C@H](COP(=O)(O)OC[C@@H](O)COP(=O)(O)OC[C@@H](COC(=O)CCCCCCCCCCC(C)C)OC(=O)CCCCCCCCCCC(C)C)OC(=O)CCCCCCCCCCCCCCC. The maximum Gasteiger partial charge on any atom is 0.472 e. The minimum atomic E-state index is -4.95. The molecule has 0 saturated carbocycles. The van der Waals surface area contributed by atoms with E-state index >= 15 is 0 Å². The second-order valence-electron chi connectivity index (χ2n) is 25.9. The Labute approximate surface area is 537 Å². The molecule has 0 aromatic rings. The molecule has 522 valence electrons. The molecule has 0 aromatic heterocycles. The summed E-state index contributed by atoms with van der Waals surface area (Å²) in [4.78, 5) is 72.5. The van der Waals surface area contributed by atoms with E-state index in [1.165, 1.54) is 167 Å². The van der Waals surface area contributed by atoms with Crippen LogP contribution in [0.3, 0.4) is 0 Å². The number of esters is 4. The van der Waals surface area contributed by atoms with Crippen LogP contribution in [0.1, 0.15) is 350 Å². The van der Waals surface area contributed by atoms with Gasteiger partial charge < -0.3 is 33.8 Å². The minimum Gasteiger partial charge on any atom is -0.462 e. The molecule has 0 rings (SSSR count). The lowest BCUT2D eigenvalue weighted by Crippen LogP contribution is -2.30. The summed E-state index contributed by atoms with van der Waals surface area (Å²) in [6.07, 6.45) is 45.8. The summed E-state index contributed by atoms with van der Waals surface area (Å²) in [6.45, 7) is 9.47. The number of phosphoric acid groups is 2. The third kappa shape index (κ3) is 62.8. The molecular weight excluding hydrogens is 1160 g/mol. The van der Waals surface area contributed by atoms with Gasteiger partial charge in [0.05, 0.1) is 26.4 Å². The van der Waals surface area contributed by atoms with Crippen molar-refractivity contribution >= 4 is 39.5 Å². The number of ether oxygens (including phenoxy) is 4. The second kappa shape index (κ2) is 61.3. The van der Waals surface area contributed by atoms with E-state index < -0.39 is 97.5 Å². The summed E-state index contributed by atoms with van der Waals surface area (Å²) < 4.78 is 68.2. The lowest BCUT2D eigenvalue weighted by Gasteiger charge is -2.21. The first-order chi connectivity index (χ1) is 42.4. The van der Waals surface area contributed by atoms with Gasteiger partial charge in [0, 0.05) is 25.7 Å². The highest BCUT2D eigenvalue weighted by Crippen LogP contribution is 2.45. The van der Waals surface area contributed by atoms with E-state index in [-0.39, 0.29) is 25.7 Å². The zero-order chi connectivity index (χ0) is 65.0. The summed E-state index contributed by atoms with van der Waals surface area (Å²) in [5.74, 6) is -0.681. The Morgan fingerprint density at radius 1 is 0.307 bits per heavy atom. The average Bonchev–Trinajstić information content (AvgIpc) is 3.63. The van der Waals surface area contributed by atoms with Crippen LogP contribution < -0.4 is 0 Å². The van der Waals surface area contributed by atoms with Crippen LogP contribution in [-0.2, 0) is 65.4 Å². The van der Waals surface area contributed by atoms with Crippen molar-refractivity contribution in [2.45, 2.75) is 368 Å². The summed E-state index contributed by atoms with van der Waals surface area (Å²) in [7, 11) is -9.90. The summed E-state index contributed by atoms with van der Waals surface area (Å²) in [5, 5.41) is 10.6. The minimum absolute atomic E-state index is 0.104. The lowest BCUT2D eigenvalue weighted by atomic mass is 10.0.